The van der Waals surface area contributed by atoms with Crippen LogP contribution in [-0.4, -0.2) is 49.8 Å². The molecule has 1 aromatic rings. The first-order valence-electron chi connectivity index (χ1n) is 10.7. The Kier molecular flexibility index (Phi) is 6.80. The predicted molar refractivity (Wildman–Crippen MR) is 108 cm³/mol. The molecule has 2 aliphatic heterocycles. The average Bonchev–Trinajstić information content (AvgIpc) is 2.66. The molecule has 1 unspecified atom stereocenters. The van der Waals surface area contributed by atoms with Crippen LogP contribution in [0.3, 0.4) is 0 Å². The van der Waals surface area contributed by atoms with Crippen molar-refractivity contribution in [2.45, 2.75) is 58.4 Å². The molecule has 0 spiro atoms. The third-order valence-corrected chi connectivity index (χ3v) is 6.40. The van der Waals surface area contributed by atoms with Crippen molar-refractivity contribution in [3.8, 4) is 5.75 Å². The van der Waals surface area contributed by atoms with Crippen LogP contribution >= 0.6 is 0 Å². The fraction of sp³-hybridized carbons (Fsp3) is 0.696. The van der Waals surface area contributed by atoms with Crippen LogP contribution in [0.15, 0.2) is 24.3 Å². The number of esters is 1. The van der Waals surface area contributed by atoms with Crippen molar-refractivity contribution in [3.63, 3.8) is 0 Å². The zero-order valence-corrected chi connectivity index (χ0v) is 17.3. The second kappa shape index (κ2) is 9.09. The summed E-state index contributed by atoms with van der Waals surface area (Å²) in [5.41, 5.74) is 0.605. The number of hydrogen-bond acceptors (Lipinski definition) is 3. The molecule has 0 amide bonds. The monoisotopic (exact) mass is 374 g/mol. The summed E-state index contributed by atoms with van der Waals surface area (Å²) in [6.07, 6.45) is 7.67. The van der Waals surface area contributed by atoms with Crippen LogP contribution in [0.4, 0.5) is 0 Å². The SMILES string of the molecule is CC(C)COc1ccc(C(=O)OCC[C@H]2CCC[N+]3(C)CCCC[C@H]23)cc1. The quantitative estimate of drug-likeness (QED) is 0.514. The molecule has 2 fully saturated rings. The number of ether oxygens (including phenoxy) is 2. The van der Waals surface area contributed by atoms with Gasteiger partial charge in [-0.25, -0.2) is 4.79 Å². The summed E-state index contributed by atoms with van der Waals surface area (Å²) in [7, 11) is 2.44. The molecule has 150 valence electrons. The highest BCUT2D eigenvalue weighted by atomic mass is 16.5. The number of quaternary nitrogens is 1. The molecule has 0 bridgehead atoms. The molecule has 0 aromatic heterocycles. The van der Waals surface area contributed by atoms with Crippen molar-refractivity contribution in [2.75, 3.05) is 33.4 Å². The number of fused-ring (bicyclic) bond motifs is 1. The zero-order chi connectivity index (χ0) is 19.3. The Morgan fingerprint density at radius 3 is 2.59 bits per heavy atom. The van der Waals surface area contributed by atoms with Gasteiger partial charge in [-0.05, 0) is 68.7 Å². The predicted octanol–water partition coefficient (Wildman–Crippen LogP) is 4.68. The molecule has 2 saturated heterocycles. The summed E-state index contributed by atoms with van der Waals surface area (Å²) in [6.45, 7) is 8.10. The van der Waals surface area contributed by atoms with Crippen LogP contribution in [0.5, 0.6) is 5.75 Å². The second-order valence-electron chi connectivity index (χ2n) is 9.05. The average molecular weight is 375 g/mol. The van der Waals surface area contributed by atoms with E-state index in [1.807, 2.05) is 12.1 Å². The molecule has 2 aliphatic rings. The second-order valence-corrected chi connectivity index (χ2v) is 9.05. The first-order valence-corrected chi connectivity index (χ1v) is 10.7. The van der Waals surface area contributed by atoms with E-state index in [0.717, 1.165) is 18.2 Å². The molecule has 0 aliphatic carbocycles. The lowest BCUT2D eigenvalue weighted by molar-refractivity contribution is -0.947. The normalized spacial score (nSPS) is 27.9. The molecule has 0 radical (unpaired) electrons. The van der Waals surface area contributed by atoms with Crippen molar-refractivity contribution in [1.29, 1.82) is 0 Å². The van der Waals surface area contributed by atoms with Gasteiger partial charge in [0.25, 0.3) is 0 Å². The number of piperidine rings is 2. The molecule has 4 nitrogen and oxygen atoms in total. The number of benzene rings is 1. The minimum atomic E-state index is -0.220. The molecule has 27 heavy (non-hydrogen) atoms. The summed E-state index contributed by atoms with van der Waals surface area (Å²) < 4.78 is 12.5. The van der Waals surface area contributed by atoms with Gasteiger partial charge in [0.1, 0.15) is 5.75 Å². The number of carbonyl (C=O) groups excluding carboxylic acids is 1. The summed E-state index contributed by atoms with van der Waals surface area (Å²) >= 11 is 0. The number of nitrogens with zero attached hydrogens (tertiary/aromatic N) is 1. The van der Waals surface area contributed by atoms with E-state index in [9.17, 15) is 4.79 Å². The van der Waals surface area contributed by atoms with Gasteiger partial charge < -0.3 is 14.0 Å². The smallest absolute Gasteiger partial charge is 0.338 e. The first-order chi connectivity index (χ1) is 13.0. The van der Waals surface area contributed by atoms with Gasteiger partial charge in [0.2, 0.25) is 0 Å². The highest BCUT2D eigenvalue weighted by molar-refractivity contribution is 5.89. The Labute approximate surface area is 164 Å². The highest BCUT2D eigenvalue weighted by Gasteiger charge is 2.43. The topological polar surface area (TPSA) is 35.5 Å². The maximum absolute atomic E-state index is 12.3. The van der Waals surface area contributed by atoms with E-state index in [4.69, 9.17) is 9.47 Å². The summed E-state index contributed by atoms with van der Waals surface area (Å²) in [6, 6.07) is 8.07. The molecule has 1 aromatic carbocycles. The van der Waals surface area contributed by atoms with E-state index < -0.39 is 0 Å². The summed E-state index contributed by atoms with van der Waals surface area (Å²) in [5, 5.41) is 0. The Morgan fingerprint density at radius 1 is 1.11 bits per heavy atom. The van der Waals surface area contributed by atoms with Crippen molar-refractivity contribution < 1.29 is 18.8 Å². The first kappa shape index (κ1) is 20.2. The lowest BCUT2D eigenvalue weighted by Crippen LogP contribution is -2.60. The molecular formula is C23H36NO3+. The summed E-state index contributed by atoms with van der Waals surface area (Å²) in [5.74, 6) is 1.77. The van der Waals surface area contributed by atoms with Gasteiger partial charge >= 0.3 is 5.97 Å². The molecule has 0 saturated carbocycles. The van der Waals surface area contributed by atoms with Gasteiger partial charge in [-0.1, -0.05) is 13.8 Å². The largest absolute Gasteiger partial charge is 0.493 e. The maximum atomic E-state index is 12.3. The minimum absolute atomic E-state index is 0.220. The Morgan fingerprint density at radius 2 is 1.85 bits per heavy atom. The van der Waals surface area contributed by atoms with Crippen molar-refractivity contribution in [2.24, 2.45) is 11.8 Å². The van der Waals surface area contributed by atoms with Gasteiger partial charge in [0.05, 0.1) is 45.0 Å². The maximum Gasteiger partial charge on any atom is 0.338 e. The van der Waals surface area contributed by atoms with Crippen LogP contribution in [0.2, 0.25) is 0 Å². The van der Waals surface area contributed by atoms with E-state index in [0.29, 0.717) is 30.6 Å². The Balaban J connectivity index is 1.46. The van der Waals surface area contributed by atoms with Crippen molar-refractivity contribution >= 4 is 5.97 Å². The number of hydrogen-bond donors (Lipinski definition) is 0. The van der Waals surface area contributed by atoms with Gasteiger partial charge in [0, 0.05) is 5.92 Å². The van der Waals surface area contributed by atoms with E-state index in [2.05, 4.69) is 20.9 Å². The van der Waals surface area contributed by atoms with Crippen molar-refractivity contribution in [1.82, 2.24) is 0 Å². The third-order valence-electron chi connectivity index (χ3n) is 6.40. The Bertz CT molecular complexity index is 609. The van der Waals surface area contributed by atoms with E-state index in [1.165, 1.54) is 49.7 Å². The fourth-order valence-corrected chi connectivity index (χ4v) is 4.91. The molecule has 3 rings (SSSR count). The lowest BCUT2D eigenvalue weighted by atomic mass is 9.80. The van der Waals surface area contributed by atoms with Crippen LogP contribution in [-0.2, 0) is 4.74 Å². The summed E-state index contributed by atoms with van der Waals surface area (Å²) in [4.78, 5) is 12.3. The number of carbonyl (C=O) groups is 1. The van der Waals surface area contributed by atoms with E-state index in [-0.39, 0.29) is 5.97 Å². The number of rotatable bonds is 7. The van der Waals surface area contributed by atoms with Crippen LogP contribution in [0.25, 0.3) is 0 Å². The highest BCUT2D eigenvalue weighted by Crippen LogP contribution is 2.37. The third kappa shape index (κ3) is 5.25. The van der Waals surface area contributed by atoms with E-state index >= 15 is 0 Å². The molecule has 3 atom stereocenters. The van der Waals surface area contributed by atoms with Crippen molar-refractivity contribution in [3.05, 3.63) is 29.8 Å². The van der Waals surface area contributed by atoms with Crippen LogP contribution in [0, 0.1) is 11.8 Å². The molecule has 0 N–H and O–H groups in total. The lowest BCUT2D eigenvalue weighted by Gasteiger charge is -2.51. The van der Waals surface area contributed by atoms with Gasteiger partial charge in [-0.15, -0.1) is 0 Å². The van der Waals surface area contributed by atoms with Gasteiger partial charge in [-0.2, -0.15) is 0 Å². The van der Waals surface area contributed by atoms with Crippen LogP contribution in [0.1, 0.15) is 62.7 Å². The van der Waals surface area contributed by atoms with E-state index in [1.54, 1.807) is 12.1 Å². The van der Waals surface area contributed by atoms with Gasteiger partial charge in [0.15, 0.2) is 0 Å². The zero-order valence-electron chi connectivity index (χ0n) is 17.3. The molecule has 2 heterocycles. The fourth-order valence-electron chi connectivity index (χ4n) is 4.91. The van der Waals surface area contributed by atoms with Crippen LogP contribution < -0.4 is 4.74 Å². The van der Waals surface area contributed by atoms with Gasteiger partial charge in [-0.3, -0.25) is 0 Å². The molecule has 4 heteroatoms. The Hall–Kier alpha value is -1.55. The minimum Gasteiger partial charge on any atom is -0.493 e. The standard InChI is InChI=1S/C23H36NO3/c1-18(2)17-27-21-11-9-20(10-12-21)23(25)26-16-13-19-7-6-15-24(3)14-5-4-8-22(19)24/h9-12,18-19,22H,4-8,13-17H2,1-3H3/q+1/t19-,22-,24?/m1/s1. The molecular weight excluding hydrogens is 338 g/mol.